The van der Waals surface area contributed by atoms with Crippen molar-refractivity contribution in [2.24, 2.45) is 5.92 Å². The van der Waals surface area contributed by atoms with E-state index in [1.54, 1.807) is 0 Å². The van der Waals surface area contributed by atoms with E-state index in [1.165, 1.54) is 11.4 Å². The molecule has 1 atom stereocenters. The molecule has 62 valence electrons. The normalized spacial score (nSPS) is 15.8. The number of hydrogen-bond acceptors (Lipinski definition) is 2. The van der Waals surface area contributed by atoms with Crippen LogP contribution in [0.15, 0.2) is 0 Å². The second-order valence-corrected chi connectivity index (χ2v) is 14.8. The monoisotopic (exact) mass is 236 g/mol. The summed E-state index contributed by atoms with van der Waals surface area (Å²) in [6.07, 6.45) is 0. The lowest BCUT2D eigenvalue weighted by molar-refractivity contribution is 0.645. The molecule has 0 heterocycles. The maximum absolute atomic E-state index is 5.73. The van der Waals surface area contributed by atoms with Gasteiger partial charge in [-0.05, 0) is 5.92 Å². The highest BCUT2D eigenvalue weighted by Crippen LogP contribution is 2.70. The average Bonchev–Trinajstić information content (AvgIpc) is 1.60. The molecule has 0 spiro atoms. The Morgan fingerprint density at radius 3 is 1.80 bits per heavy atom. The predicted octanol–water partition coefficient (Wildman–Crippen LogP) is 4.47. The van der Waals surface area contributed by atoms with Crippen molar-refractivity contribution < 1.29 is 0 Å². The molecule has 5 heteroatoms. The molecule has 0 nitrogen and oxygen atoms in total. The second-order valence-electron chi connectivity index (χ2n) is 2.47. The fraction of sp³-hybridized carbons (Fsp3) is 1.00. The molecular weight excluding hydrogens is 226 g/mol. The van der Waals surface area contributed by atoms with E-state index in [4.69, 9.17) is 34.3 Å². The second kappa shape index (κ2) is 4.57. The Morgan fingerprint density at radius 1 is 1.30 bits per heavy atom. The summed E-state index contributed by atoms with van der Waals surface area (Å²) in [7, 11) is 0. The lowest BCUT2D eigenvalue weighted by Gasteiger charge is -2.16. The summed E-state index contributed by atoms with van der Waals surface area (Å²) in [6.45, 7) is 6.37. The Labute approximate surface area is 81.4 Å². The molecule has 10 heavy (non-hydrogen) atoms. The van der Waals surface area contributed by atoms with Crippen molar-refractivity contribution in [1.82, 2.24) is 0 Å². The lowest BCUT2D eigenvalue weighted by Crippen LogP contribution is -2.03. The van der Waals surface area contributed by atoms with Crippen LogP contribution in [-0.4, -0.2) is 5.25 Å². The van der Waals surface area contributed by atoms with Gasteiger partial charge in [-0.2, -0.15) is 0 Å². The van der Waals surface area contributed by atoms with Gasteiger partial charge in [0.1, 0.15) is 0 Å². The van der Waals surface area contributed by atoms with E-state index in [0.29, 0.717) is 11.2 Å². The van der Waals surface area contributed by atoms with Crippen LogP contribution in [0.5, 0.6) is 0 Å². The zero-order valence-corrected chi connectivity index (χ0v) is 10.2. The number of rotatable bonds is 3. The predicted molar refractivity (Wildman–Crippen MR) is 57.9 cm³/mol. The minimum Gasteiger partial charge on any atom is -0.0914 e. The molecule has 0 aromatic rings. The fourth-order valence-electron chi connectivity index (χ4n) is 0.315. The lowest BCUT2D eigenvalue weighted by atomic mass is 10.2. The summed E-state index contributed by atoms with van der Waals surface area (Å²) in [4.78, 5) is 0. The summed E-state index contributed by atoms with van der Waals surface area (Å²) in [6, 6.07) is 0. The Bertz CT molecular complexity index is 143. The third-order valence-corrected chi connectivity index (χ3v) is 6.29. The summed E-state index contributed by atoms with van der Waals surface area (Å²) in [5.74, 6) is 0.588. The first-order chi connectivity index (χ1) is 4.33. The van der Waals surface area contributed by atoms with E-state index in [9.17, 15) is 0 Å². The first-order valence-corrected chi connectivity index (χ1v) is 9.10. The van der Waals surface area contributed by atoms with Crippen LogP contribution in [0.25, 0.3) is 0 Å². The van der Waals surface area contributed by atoms with Crippen molar-refractivity contribution in [1.29, 1.82) is 0 Å². The zero-order valence-electron chi connectivity index (χ0n) is 6.17. The molecule has 0 aromatic heterocycles. The van der Waals surface area contributed by atoms with Crippen LogP contribution in [0.4, 0.5) is 0 Å². The number of halogens is 2. The molecule has 0 N–H and O–H groups in total. The van der Waals surface area contributed by atoms with Crippen molar-refractivity contribution >= 4 is 49.6 Å². The maximum atomic E-state index is 5.73. The van der Waals surface area contributed by atoms with Gasteiger partial charge in [0.05, 0.1) is 0 Å². The molecule has 0 saturated heterocycles. The van der Waals surface area contributed by atoms with Crippen molar-refractivity contribution in [3.8, 4) is 0 Å². The largest absolute Gasteiger partial charge is 0.171 e. The first-order valence-electron chi connectivity index (χ1n) is 3.00. The SMILES string of the molecule is CC(C)C(C)SP(=S)(Cl)Cl. The van der Waals surface area contributed by atoms with Gasteiger partial charge in [0.25, 0.3) is 0 Å². The quantitative estimate of drug-likeness (QED) is 0.664. The molecule has 0 radical (unpaired) electrons. The van der Waals surface area contributed by atoms with Crippen LogP contribution in [0.1, 0.15) is 20.8 Å². The highest BCUT2D eigenvalue weighted by Gasteiger charge is 2.16. The smallest absolute Gasteiger partial charge is 0.0914 e. The summed E-state index contributed by atoms with van der Waals surface area (Å²) in [5.41, 5.74) is 0. The van der Waals surface area contributed by atoms with E-state index in [1.807, 2.05) is 0 Å². The van der Waals surface area contributed by atoms with Gasteiger partial charge in [-0.15, -0.1) is 0 Å². The third-order valence-electron chi connectivity index (χ3n) is 1.23. The van der Waals surface area contributed by atoms with Gasteiger partial charge < -0.3 is 0 Å². The zero-order chi connectivity index (χ0) is 8.36. The average molecular weight is 237 g/mol. The van der Waals surface area contributed by atoms with Crippen LogP contribution in [-0.2, 0) is 11.8 Å². The standard InChI is InChI=1S/C5H11Cl2PS2/c1-4(2)5(3)10-8(6,7)9/h4-5H,1-3H3. The highest BCUT2D eigenvalue weighted by atomic mass is 35.9. The van der Waals surface area contributed by atoms with E-state index in [0.717, 1.165) is 0 Å². The van der Waals surface area contributed by atoms with Crippen LogP contribution < -0.4 is 0 Å². The number of hydrogen-bond donors (Lipinski definition) is 0. The van der Waals surface area contributed by atoms with Crippen molar-refractivity contribution in [3.05, 3.63) is 0 Å². The van der Waals surface area contributed by atoms with Gasteiger partial charge >= 0.3 is 0 Å². The van der Waals surface area contributed by atoms with Gasteiger partial charge in [0.15, 0.2) is 3.95 Å². The Kier molecular flexibility index (Phi) is 5.29. The van der Waals surface area contributed by atoms with E-state index in [2.05, 4.69) is 20.8 Å². The molecule has 0 aliphatic rings. The molecule has 1 unspecified atom stereocenters. The topological polar surface area (TPSA) is 0 Å². The Morgan fingerprint density at radius 2 is 1.70 bits per heavy atom. The molecule has 0 saturated carbocycles. The van der Waals surface area contributed by atoms with E-state index >= 15 is 0 Å². The molecule has 0 bridgehead atoms. The molecule has 0 aliphatic carbocycles. The molecule has 0 fully saturated rings. The van der Waals surface area contributed by atoms with E-state index < -0.39 is 3.95 Å². The first kappa shape index (κ1) is 11.6. The molecule has 0 rings (SSSR count). The minimum atomic E-state index is -2.08. The highest BCUT2D eigenvalue weighted by molar-refractivity contribution is 8.85. The van der Waals surface area contributed by atoms with Gasteiger partial charge in [-0.1, -0.05) is 66.4 Å². The Hall–Kier alpha value is 1.58. The maximum Gasteiger partial charge on any atom is 0.171 e. The van der Waals surface area contributed by atoms with Gasteiger partial charge in [-0.25, -0.2) is 0 Å². The van der Waals surface area contributed by atoms with E-state index in [-0.39, 0.29) is 0 Å². The van der Waals surface area contributed by atoms with Crippen LogP contribution in [0, 0.1) is 5.92 Å². The van der Waals surface area contributed by atoms with Crippen molar-refractivity contribution in [2.75, 3.05) is 0 Å². The molecular formula is C5H11Cl2PS2. The summed E-state index contributed by atoms with van der Waals surface area (Å²) in [5, 5.41) is 0.459. The summed E-state index contributed by atoms with van der Waals surface area (Å²) < 4.78 is -2.08. The van der Waals surface area contributed by atoms with Crippen LogP contribution >= 0.6 is 37.8 Å². The van der Waals surface area contributed by atoms with Crippen LogP contribution in [0.2, 0.25) is 0 Å². The molecule has 0 amide bonds. The Balaban J connectivity index is 3.80. The van der Waals surface area contributed by atoms with Crippen LogP contribution in [0.3, 0.4) is 0 Å². The third kappa shape index (κ3) is 6.30. The fourth-order valence-corrected chi connectivity index (χ4v) is 6.32. The molecule has 0 aliphatic heterocycles. The van der Waals surface area contributed by atoms with Crippen molar-refractivity contribution in [2.45, 2.75) is 26.0 Å². The van der Waals surface area contributed by atoms with Gasteiger partial charge in [-0.3, -0.25) is 0 Å². The van der Waals surface area contributed by atoms with Crippen molar-refractivity contribution in [3.63, 3.8) is 0 Å². The summed E-state index contributed by atoms with van der Waals surface area (Å²) >= 11 is 17.9. The minimum absolute atomic E-state index is 0.459. The molecule has 0 aromatic carbocycles. The van der Waals surface area contributed by atoms with Gasteiger partial charge in [0, 0.05) is 5.25 Å². The van der Waals surface area contributed by atoms with Gasteiger partial charge in [0.2, 0.25) is 0 Å².